The molecule has 3 aromatic rings. The molecule has 0 spiro atoms. The van der Waals surface area contributed by atoms with Crippen molar-refractivity contribution >= 4 is 22.8 Å². The lowest BCUT2D eigenvalue weighted by Gasteiger charge is -2.15. The lowest BCUT2D eigenvalue weighted by molar-refractivity contribution is 0.0792. The van der Waals surface area contributed by atoms with Gasteiger partial charge < -0.3 is 10.2 Å². The van der Waals surface area contributed by atoms with Crippen LogP contribution in [0.5, 0.6) is 0 Å². The molecule has 2 amide bonds. The summed E-state index contributed by atoms with van der Waals surface area (Å²) in [6.45, 7) is 1.79. The summed E-state index contributed by atoms with van der Waals surface area (Å²) in [6.07, 6.45) is 5.17. The van der Waals surface area contributed by atoms with Gasteiger partial charge >= 0.3 is 5.69 Å². The maximum Gasteiger partial charge on any atom is 0.330 e. The maximum absolute atomic E-state index is 12.7. The van der Waals surface area contributed by atoms with E-state index in [4.69, 9.17) is 0 Å². The minimum absolute atomic E-state index is 0.00957. The number of hydrogen-bond acceptors (Lipinski definition) is 5. The molecule has 1 aliphatic carbocycles. The fraction of sp³-hybridized carbons (Fsp3) is 0.348. The number of aromatic nitrogens is 3. The van der Waals surface area contributed by atoms with Gasteiger partial charge in [-0.05, 0) is 49.4 Å². The second-order valence-corrected chi connectivity index (χ2v) is 8.34. The van der Waals surface area contributed by atoms with Gasteiger partial charge in [-0.3, -0.25) is 23.9 Å². The Morgan fingerprint density at radius 2 is 1.88 bits per heavy atom. The molecule has 5 rings (SSSR count). The molecule has 1 aromatic carbocycles. The SMILES string of the molecule is O=C(NCc1cccc(C(=O)N2CCCC2)c1)c1cnc2c(c1)c(=O)[nH]c(=O)n2C1CC1. The largest absolute Gasteiger partial charge is 0.348 e. The number of carbonyl (C=O) groups excluding carboxylic acids is 2. The maximum atomic E-state index is 12.7. The van der Waals surface area contributed by atoms with E-state index in [9.17, 15) is 19.2 Å². The summed E-state index contributed by atoms with van der Waals surface area (Å²) in [5, 5.41) is 3.02. The van der Waals surface area contributed by atoms with Crippen LogP contribution in [-0.2, 0) is 6.54 Å². The molecule has 1 saturated heterocycles. The van der Waals surface area contributed by atoms with Crippen molar-refractivity contribution in [3.63, 3.8) is 0 Å². The van der Waals surface area contributed by atoms with Crippen LogP contribution in [0.1, 0.15) is 58.0 Å². The number of H-pyrrole nitrogens is 1. The highest BCUT2D eigenvalue weighted by molar-refractivity contribution is 5.97. The topological polar surface area (TPSA) is 117 Å². The first-order chi connectivity index (χ1) is 15.5. The van der Waals surface area contributed by atoms with E-state index in [1.165, 1.54) is 16.8 Å². The van der Waals surface area contributed by atoms with Crippen LogP contribution in [0.25, 0.3) is 11.0 Å². The highest BCUT2D eigenvalue weighted by Crippen LogP contribution is 2.34. The Balaban J connectivity index is 1.33. The summed E-state index contributed by atoms with van der Waals surface area (Å²) < 4.78 is 1.49. The van der Waals surface area contributed by atoms with Crippen LogP contribution in [0.4, 0.5) is 0 Å². The molecular formula is C23H23N5O4. The van der Waals surface area contributed by atoms with E-state index in [0.717, 1.165) is 44.3 Å². The van der Waals surface area contributed by atoms with Crippen LogP contribution in [-0.4, -0.2) is 44.3 Å². The van der Waals surface area contributed by atoms with Crippen LogP contribution < -0.4 is 16.6 Å². The van der Waals surface area contributed by atoms with E-state index in [2.05, 4.69) is 15.3 Å². The van der Waals surface area contributed by atoms with E-state index in [1.54, 1.807) is 18.2 Å². The van der Waals surface area contributed by atoms with Crippen molar-refractivity contribution in [1.29, 1.82) is 0 Å². The van der Waals surface area contributed by atoms with Gasteiger partial charge in [0.25, 0.3) is 17.4 Å². The summed E-state index contributed by atoms with van der Waals surface area (Å²) >= 11 is 0. The number of nitrogens with one attached hydrogen (secondary N) is 2. The van der Waals surface area contributed by atoms with E-state index in [0.29, 0.717) is 11.2 Å². The normalized spacial score (nSPS) is 15.8. The van der Waals surface area contributed by atoms with Gasteiger partial charge in [-0.25, -0.2) is 9.78 Å². The molecule has 0 bridgehead atoms. The minimum atomic E-state index is -0.558. The number of hydrogen-bond donors (Lipinski definition) is 2. The zero-order valence-corrected chi connectivity index (χ0v) is 17.5. The smallest absolute Gasteiger partial charge is 0.330 e. The van der Waals surface area contributed by atoms with Gasteiger partial charge in [0.1, 0.15) is 5.65 Å². The summed E-state index contributed by atoms with van der Waals surface area (Å²) in [5.41, 5.74) is 0.905. The average molecular weight is 433 g/mol. The van der Waals surface area contributed by atoms with E-state index >= 15 is 0 Å². The fourth-order valence-corrected chi connectivity index (χ4v) is 4.13. The highest BCUT2D eigenvalue weighted by atomic mass is 16.2. The Morgan fingerprint density at radius 3 is 2.62 bits per heavy atom. The number of carbonyl (C=O) groups is 2. The Bertz CT molecular complexity index is 1330. The minimum Gasteiger partial charge on any atom is -0.348 e. The van der Waals surface area contributed by atoms with Gasteiger partial charge in [-0.2, -0.15) is 0 Å². The number of nitrogens with zero attached hydrogens (tertiary/aromatic N) is 3. The predicted octanol–water partition coefficient (Wildman–Crippen LogP) is 1.59. The van der Waals surface area contributed by atoms with Crippen LogP contribution in [0, 0.1) is 0 Å². The lowest BCUT2D eigenvalue weighted by Crippen LogP contribution is -2.31. The first kappa shape index (κ1) is 20.2. The standard InChI is InChI=1S/C23H23N5O4/c29-20(25-12-14-4-3-5-15(10-14)22(31)27-8-1-2-9-27)16-11-18-19(24-13-16)28(17-6-7-17)23(32)26-21(18)30/h3-5,10-11,13,17H,1-2,6-9,12H2,(H,25,29)(H,26,30,32). The number of likely N-dealkylation sites (tertiary alicyclic amines) is 1. The zero-order valence-electron chi connectivity index (χ0n) is 17.5. The molecule has 3 heterocycles. The number of fused-ring (bicyclic) bond motifs is 1. The second-order valence-electron chi connectivity index (χ2n) is 8.34. The Morgan fingerprint density at radius 1 is 1.09 bits per heavy atom. The molecule has 0 unspecified atom stereocenters. The van der Waals surface area contributed by atoms with Crippen LogP contribution in [0.15, 0.2) is 46.1 Å². The molecular weight excluding hydrogens is 410 g/mol. The van der Waals surface area contributed by atoms with Gasteiger partial charge in [0, 0.05) is 37.4 Å². The molecule has 9 heteroatoms. The zero-order chi connectivity index (χ0) is 22.2. The fourth-order valence-electron chi connectivity index (χ4n) is 4.13. The Hall–Kier alpha value is -3.75. The van der Waals surface area contributed by atoms with Gasteiger partial charge in [-0.1, -0.05) is 12.1 Å². The average Bonchev–Trinajstić information content (AvgIpc) is 3.48. The number of pyridine rings is 1. The number of aromatic amines is 1. The molecule has 0 atom stereocenters. The molecule has 2 fully saturated rings. The van der Waals surface area contributed by atoms with Crippen molar-refractivity contribution in [1.82, 2.24) is 24.8 Å². The van der Waals surface area contributed by atoms with Crippen molar-refractivity contribution in [3.05, 3.63) is 74.1 Å². The van der Waals surface area contributed by atoms with Crippen molar-refractivity contribution in [2.75, 3.05) is 13.1 Å². The van der Waals surface area contributed by atoms with Crippen LogP contribution in [0.3, 0.4) is 0 Å². The highest BCUT2D eigenvalue weighted by Gasteiger charge is 2.28. The van der Waals surface area contributed by atoms with Crippen LogP contribution >= 0.6 is 0 Å². The van der Waals surface area contributed by atoms with Gasteiger partial charge in [0.15, 0.2) is 0 Å². The molecule has 2 aromatic heterocycles. The molecule has 164 valence electrons. The van der Waals surface area contributed by atoms with Crippen molar-refractivity contribution in [3.8, 4) is 0 Å². The van der Waals surface area contributed by atoms with Gasteiger partial charge in [-0.15, -0.1) is 0 Å². The monoisotopic (exact) mass is 433 g/mol. The van der Waals surface area contributed by atoms with E-state index < -0.39 is 11.2 Å². The Kier molecular flexibility index (Phi) is 5.08. The third-order valence-corrected chi connectivity index (χ3v) is 5.97. The third-order valence-electron chi connectivity index (χ3n) is 5.97. The van der Waals surface area contributed by atoms with Crippen LogP contribution in [0.2, 0.25) is 0 Å². The molecule has 2 aliphatic rings. The quantitative estimate of drug-likeness (QED) is 0.634. The third kappa shape index (κ3) is 3.81. The van der Waals surface area contributed by atoms with Gasteiger partial charge in [0.05, 0.1) is 10.9 Å². The molecule has 32 heavy (non-hydrogen) atoms. The molecule has 1 saturated carbocycles. The second kappa shape index (κ2) is 8.07. The lowest BCUT2D eigenvalue weighted by atomic mass is 10.1. The van der Waals surface area contributed by atoms with Crippen molar-refractivity contribution < 1.29 is 9.59 Å². The summed E-state index contributed by atoms with van der Waals surface area (Å²) in [6, 6.07) is 8.73. The molecule has 0 radical (unpaired) electrons. The molecule has 9 nitrogen and oxygen atoms in total. The van der Waals surface area contributed by atoms with Gasteiger partial charge in [0.2, 0.25) is 0 Å². The number of amides is 2. The summed E-state index contributed by atoms with van der Waals surface area (Å²) in [5.74, 6) is -0.380. The molecule has 1 aliphatic heterocycles. The van der Waals surface area contributed by atoms with E-state index in [1.807, 2.05) is 11.0 Å². The number of rotatable bonds is 5. The first-order valence-electron chi connectivity index (χ1n) is 10.8. The van der Waals surface area contributed by atoms with Crippen molar-refractivity contribution in [2.24, 2.45) is 0 Å². The number of benzene rings is 1. The van der Waals surface area contributed by atoms with Crippen molar-refractivity contribution in [2.45, 2.75) is 38.3 Å². The predicted molar refractivity (Wildman–Crippen MR) is 118 cm³/mol. The Labute approximate surface area is 183 Å². The molecule has 2 N–H and O–H groups in total. The summed E-state index contributed by atoms with van der Waals surface area (Å²) in [4.78, 5) is 58.1. The van der Waals surface area contributed by atoms with E-state index in [-0.39, 0.29) is 35.4 Å². The summed E-state index contributed by atoms with van der Waals surface area (Å²) in [7, 11) is 0. The first-order valence-corrected chi connectivity index (χ1v) is 10.8.